The Kier molecular flexibility index (Phi) is 5.81. The molecular formula is C15H30N2O2. The van der Waals surface area contributed by atoms with Crippen molar-refractivity contribution < 1.29 is 9.90 Å². The first-order valence-corrected chi connectivity index (χ1v) is 7.36. The van der Waals surface area contributed by atoms with Gasteiger partial charge in [0.05, 0.1) is 12.0 Å². The molecule has 1 aliphatic rings. The van der Waals surface area contributed by atoms with Crippen LogP contribution in [0.5, 0.6) is 0 Å². The van der Waals surface area contributed by atoms with Crippen LogP contribution in [0.1, 0.15) is 52.4 Å². The Morgan fingerprint density at radius 2 is 1.84 bits per heavy atom. The standard InChI is InChI=1S/C15H30N2O2/c1-14(2,12-17(3)4)11-16-13(18)10-15(19)8-6-5-7-9-15/h19H,5-12H2,1-4H3,(H,16,18). The molecule has 1 saturated carbocycles. The molecule has 0 aromatic rings. The lowest BCUT2D eigenvalue weighted by atomic mass is 9.82. The topological polar surface area (TPSA) is 52.6 Å². The zero-order valence-electron chi connectivity index (χ0n) is 13.0. The normalized spacial score (nSPS) is 19.5. The summed E-state index contributed by atoms with van der Waals surface area (Å²) in [4.78, 5) is 14.1. The van der Waals surface area contributed by atoms with Crippen LogP contribution in [0.3, 0.4) is 0 Å². The maximum absolute atomic E-state index is 12.0. The number of rotatable bonds is 6. The lowest BCUT2D eigenvalue weighted by Gasteiger charge is -2.32. The second kappa shape index (κ2) is 6.71. The summed E-state index contributed by atoms with van der Waals surface area (Å²) in [5.41, 5.74) is -0.706. The highest BCUT2D eigenvalue weighted by atomic mass is 16.3. The molecule has 0 atom stereocenters. The van der Waals surface area contributed by atoms with Gasteiger partial charge in [-0.15, -0.1) is 0 Å². The van der Waals surface area contributed by atoms with E-state index in [1.165, 1.54) is 6.42 Å². The predicted molar refractivity (Wildman–Crippen MR) is 78.0 cm³/mol. The average molecular weight is 270 g/mol. The van der Waals surface area contributed by atoms with Crippen molar-refractivity contribution in [3.05, 3.63) is 0 Å². The zero-order chi connectivity index (χ0) is 14.5. The summed E-state index contributed by atoms with van der Waals surface area (Å²) in [6.45, 7) is 5.86. The van der Waals surface area contributed by atoms with Crippen LogP contribution in [0.15, 0.2) is 0 Å². The molecule has 0 saturated heterocycles. The van der Waals surface area contributed by atoms with Gasteiger partial charge < -0.3 is 15.3 Å². The Morgan fingerprint density at radius 1 is 1.26 bits per heavy atom. The van der Waals surface area contributed by atoms with Gasteiger partial charge in [0, 0.05) is 13.1 Å². The van der Waals surface area contributed by atoms with E-state index in [1.54, 1.807) is 0 Å². The van der Waals surface area contributed by atoms with Crippen molar-refractivity contribution in [3.63, 3.8) is 0 Å². The fourth-order valence-corrected chi connectivity index (χ4v) is 3.00. The van der Waals surface area contributed by atoms with Crippen LogP contribution in [-0.2, 0) is 4.79 Å². The minimum Gasteiger partial charge on any atom is -0.389 e. The number of hydrogen-bond donors (Lipinski definition) is 2. The van der Waals surface area contributed by atoms with E-state index in [2.05, 4.69) is 24.1 Å². The van der Waals surface area contributed by atoms with Crippen molar-refractivity contribution >= 4 is 5.91 Å². The molecule has 1 rings (SSSR count). The molecule has 2 N–H and O–H groups in total. The highest BCUT2D eigenvalue weighted by Crippen LogP contribution is 2.30. The number of carbonyl (C=O) groups is 1. The minimum atomic E-state index is -0.756. The Labute approximate surface area is 117 Å². The first-order valence-electron chi connectivity index (χ1n) is 7.36. The Balaban J connectivity index is 2.34. The molecule has 0 unspecified atom stereocenters. The number of nitrogens with one attached hydrogen (secondary N) is 1. The summed E-state index contributed by atoms with van der Waals surface area (Å²) in [6.07, 6.45) is 5.04. The van der Waals surface area contributed by atoms with E-state index in [0.29, 0.717) is 6.54 Å². The van der Waals surface area contributed by atoms with Crippen molar-refractivity contribution in [1.29, 1.82) is 0 Å². The minimum absolute atomic E-state index is 0.0174. The maximum Gasteiger partial charge on any atom is 0.222 e. The molecule has 1 aliphatic carbocycles. The third-order valence-electron chi connectivity index (χ3n) is 3.78. The third-order valence-corrected chi connectivity index (χ3v) is 3.78. The summed E-state index contributed by atoms with van der Waals surface area (Å²) < 4.78 is 0. The summed E-state index contributed by atoms with van der Waals surface area (Å²) in [6, 6.07) is 0. The van der Waals surface area contributed by atoms with Crippen LogP contribution in [-0.4, -0.2) is 48.7 Å². The van der Waals surface area contributed by atoms with Gasteiger partial charge in [0.1, 0.15) is 0 Å². The van der Waals surface area contributed by atoms with Crippen LogP contribution in [0, 0.1) is 5.41 Å². The summed E-state index contributed by atoms with van der Waals surface area (Å²) in [5.74, 6) is -0.0174. The van der Waals surface area contributed by atoms with Crippen LogP contribution < -0.4 is 5.32 Å². The molecule has 0 aliphatic heterocycles. The maximum atomic E-state index is 12.0. The van der Waals surface area contributed by atoms with Crippen LogP contribution in [0.2, 0.25) is 0 Å². The van der Waals surface area contributed by atoms with Gasteiger partial charge in [0.2, 0.25) is 5.91 Å². The molecule has 0 aromatic heterocycles. The predicted octanol–water partition coefficient (Wildman–Crippen LogP) is 1.78. The second-order valence-corrected chi connectivity index (χ2v) is 7.14. The zero-order valence-corrected chi connectivity index (χ0v) is 13.0. The van der Waals surface area contributed by atoms with Gasteiger partial charge in [-0.25, -0.2) is 0 Å². The number of amides is 1. The average Bonchev–Trinajstić information content (AvgIpc) is 2.25. The molecule has 0 heterocycles. The Morgan fingerprint density at radius 3 is 2.37 bits per heavy atom. The van der Waals surface area contributed by atoms with Gasteiger partial charge in [-0.05, 0) is 32.4 Å². The van der Waals surface area contributed by atoms with Crippen molar-refractivity contribution in [3.8, 4) is 0 Å². The van der Waals surface area contributed by atoms with E-state index in [1.807, 2.05) is 14.1 Å². The van der Waals surface area contributed by atoms with Gasteiger partial charge in [-0.1, -0.05) is 33.1 Å². The van der Waals surface area contributed by atoms with Crippen molar-refractivity contribution in [2.45, 2.75) is 58.0 Å². The molecule has 4 heteroatoms. The molecule has 112 valence electrons. The quantitative estimate of drug-likeness (QED) is 0.773. The monoisotopic (exact) mass is 270 g/mol. The Hall–Kier alpha value is -0.610. The third kappa shape index (κ3) is 6.39. The number of nitrogens with zero attached hydrogens (tertiary/aromatic N) is 1. The summed E-state index contributed by atoms with van der Waals surface area (Å²) in [7, 11) is 4.07. The highest BCUT2D eigenvalue weighted by molar-refractivity contribution is 5.77. The second-order valence-electron chi connectivity index (χ2n) is 7.14. The highest BCUT2D eigenvalue weighted by Gasteiger charge is 2.32. The van der Waals surface area contributed by atoms with Crippen molar-refractivity contribution in [1.82, 2.24) is 10.2 Å². The van der Waals surface area contributed by atoms with Gasteiger partial charge in [0.15, 0.2) is 0 Å². The molecule has 0 radical (unpaired) electrons. The first-order chi connectivity index (χ1) is 8.72. The van der Waals surface area contributed by atoms with E-state index in [4.69, 9.17) is 0 Å². The number of carbonyl (C=O) groups excluding carboxylic acids is 1. The van der Waals surface area contributed by atoms with Crippen LogP contribution in [0.25, 0.3) is 0 Å². The van der Waals surface area contributed by atoms with E-state index in [0.717, 1.165) is 32.2 Å². The molecule has 19 heavy (non-hydrogen) atoms. The smallest absolute Gasteiger partial charge is 0.222 e. The van der Waals surface area contributed by atoms with Crippen LogP contribution in [0.4, 0.5) is 0 Å². The molecule has 1 amide bonds. The molecule has 1 fully saturated rings. The molecule has 4 nitrogen and oxygen atoms in total. The van der Waals surface area contributed by atoms with E-state index < -0.39 is 5.60 Å². The van der Waals surface area contributed by atoms with Gasteiger partial charge in [0.25, 0.3) is 0 Å². The summed E-state index contributed by atoms with van der Waals surface area (Å²) >= 11 is 0. The number of hydrogen-bond acceptors (Lipinski definition) is 3. The largest absolute Gasteiger partial charge is 0.389 e. The van der Waals surface area contributed by atoms with Gasteiger partial charge in [-0.3, -0.25) is 4.79 Å². The lowest BCUT2D eigenvalue weighted by molar-refractivity contribution is -0.127. The SMILES string of the molecule is CN(C)CC(C)(C)CNC(=O)CC1(O)CCCCC1. The molecular weight excluding hydrogens is 240 g/mol. The van der Waals surface area contributed by atoms with Crippen molar-refractivity contribution in [2.75, 3.05) is 27.2 Å². The number of aliphatic hydroxyl groups is 1. The summed E-state index contributed by atoms with van der Waals surface area (Å²) in [5, 5.41) is 13.3. The van der Waals surface area contributed by atoms with Crippen molar-refractivity contribution in [2.24, 2.45) is 5.41 Å². The molecule has 0 bridgehead atoms. The van der Waals surface area contributed by atoms with Crippen LogP contribution >= 0.6 is 0 Å². The fourth-order valence-electron chi connectivity index (χ4n) is 3.00. The molecule has 0 spiro atoms. The Bertz CT molecular complexity index is 295. The van der Waals surface area contributed by atoms with E-state index in [9.17, 15) is 9.90 Å². The fraction of sp³-hybridized carbons (Fsp3) is 0.933. The van der Waals surface area contributed by atoms with Gasteiger partial charge >= 0.3 is 0 Å². The lowest BCUT2D eigenvalue weighted by Crippen LogP contribution is -2.43. The van der Waals surface area contributed by atoms with E-state index in [-0.39, 0.29) is 17.7 Å². The molecule has 0 aromatic carbocycles. The van der Waals surface area contributed by atoms with E-state index >= 15 is 0 Å². The van der Waals surface area contributed by atoms with Gasteiger partial charge in [-0.2, -0.15) is 0 Å². The first kappa shape index (κ1) is 16.4.